The Kier molecular flexibility index (Phi) is 3.19. The van der Waals surface area contributed by atoms with Crippen molar-refractivity contribution in [3.05, 3.63) is 17.2 Å². The number of rotatable bonds is 3. The van der Waals surface area contributed by atoms with E-state index in [2.05, 4.69) is 0 Å². The van der Waals surface area contributed by atoms with Gasteiger partial charge in [-0.3, -0.25) is 4.79 Å². The van der Waals surface area contributed by atoms with E-state index in [-0.39, 0.29) is 17.1 Å². The van der Waals surface area contributed by atoms with Gasteiger partial charge in [-0.15, -0.1) is 0 Å². The molecule has 0 radical (unpaired) electrons. The fourth-order valence-electron chi connectivity index (χ4n) is 1.51. The van der Waals surface area contributed by atoms with Gasteiger partial charge in [-0.05, 0) is 25.5 Å². The molecular weight excluding hydrogens is 196 g/mol. The smallest absolute Gasteiger partial charge is 0.172 e. The van der Waals surface area contributed by atoms with Crippen LogP contribution in [0.15, 0.2) is 6.07 Å². The molecule has 0 amide bonds. The van der Waals surface area contributed by atoms with E-state index in [1.54, 1.807) is 13.0 Å². The first-order valence-electron chi connectivity index (χ1n) is 4.48. The van der Waals surface area contributed by atoms with E-state index in [0.29, 0.717) is 11.5 Å². The molecule has 0 aliphatic rings. The first-order chi connectivity index (χ1) is 7.02. The molecule has 0 aliphatic carbocycles. The van der Waals surface area contributed by atoms with Crippen LogP contribution in [-0.2, 0) is 0 Å². The van der Waals surface area contributed by atoms with E-state index >= 15 is 0 Å². The van der Waals surface area contributed by atoms with E-state index in [1.165, 1.54) is 21.1 Å². The highest BCUT2D eigenvalue weighted by atomic mass is 16.5. The lowest BCUT2D eigenvalue weighted by Crippen LogP contribution is -2.01. The Morgan fingerprint density at radius 2 is 1.93 bits per heavy atom. The largest absolute Gasteiger partial charge is 0.504 e. The molecule has 1 aromatic carbocycles. The molecule has 0 aromatic heterocycles. The van der Waals surface area contributed by atoms with Gasteiger partial charge in [0.1, 0.15) is 11.3 Å². The van der Waals surface area contributed by atoms with Crippen molar-refractivity contribution in [2.45, 2.75) is 13.8 Å². The summed E-state index contributed by atoms with van der Waals surface area (Å²) < 4.78 is 10.0. The lowest BCUT2D eigenvalue weighted by molar-refractivity contribution is 0.101. The Hall–Kier alpha value is -1.71. The fraction of sp³-hybridized carbons (Fsp3) is 0.364. The zero-order valence-electron chi connectivity index (χ0n) is 9.25. The minimum Gasteiger partial charge on any atom is -0.504 e. The van der Waals surface area contributed by atoms with Crippen LogP contribution in [0.5, 0.6) is 17.2 Å². The second-order valence-corrected chi connectivity index (χ2v) is 3.21. The molecule has 0 saturated carbocycles. The third kappa shape index (κ3) is 1.88. The lowest BCUT2D eigenvalue weighted by Gasteiger charge is -2.13. The predicted molar refractivity (Wildman–Crippen MR) is 56.0 cm³/mol. The minimum atomic E-state index is -0.261. The summed E-state index contributed by atoms with van der Waals surface area (Å²) in [6, 6.07) is 1.66. The number of methoxy groups -OCH3 is 2. The molecule has 0 aliphatic heterocycles. The van der Waals surface area contributed by atoms with Gasteiger partial charge < -0.3 is 14.6 Å². The maximum atomic E-state index is 11.3. The number of Topliss-reactive ketones (excluding diaryl/α,β-unsaturated/α-hetero) is 1. The number of benzene rings is 1. The van der Waals surface area contributed by atoms with Crippen LogP contribution in [-0.4, -0.2) is 25.1 Å². The van der Waals surface area contributed by atoms with Crippen molar-refractivity contribution < 1.29 is 19.4 Å². The number of hydrogen-bond acceptors (Lipinski definition) is 4. The van der Waals surface area contributed by atoms with Crippen molar-refractivity contribution in [1.29, 1.82) is 0 Å². The zero-order chi connectivity index (χ0) is 11.6. The number of carbonyl (C=O) groups is 1. The van der Waals surface area contributed by atoms with Crippen LogP contribution in [0.1, 0.15) is 22.8 Å². The van der Waals surface area contributed by atoms with Crippen molar-refractivity contribution >= 4 is 5.78 Å². The second kappa shape index (κ2) is 4.21. The summed E-state index contributed by atoms with van der Waals surface area (Å²) in [5.74, 6) is 0.240. The molecule has 0 fully saturated rings. The van der Waals surface area contributed by atoms with Crippen molar-refractivity contribution in [3.63, 3.8) is 0 Å². The van der Waals surface area contributed by atoms with Gasteiger partial charge >= 0.3 is 0 Å². The predicted octanol–water partition coefficient (Wildman–Crippen LogP) is 1.92. The standard InChI is InChI=1S/C11H14O4/c1-6-5-8(14-3)9(7(2)12)10(13)11(6)15-4/h5,13H,1-4H3. The van der Waals surface area contributed by atoms with Crippen molar-refractivity contribution in [1.82, 2.24) is 0 Å². The molecule has 4 nitrogen and oxygen atoms in total. The lowest BCUT2D eigenvalue weighted by atomic mass is 10.1. The monoisotopic (exact) mass is 210 g/mol. The van der Waals surface area contributed by atoms with Crippen LogP contribution < -0.4 is 9.47 Å². The molecule has 15 heavy (non-hydrogen) atoms. The topological polar surface area (TPSA) is 55.8 Å². The Morgan fingerprint density at radius 3 is 2.33 bits per heavy atom. The van der Waals surface area contributed by atoms with Crippen molar-refractivity contribution in [3.8, 4) is 17.2 Å². The number of ketones is 1. The molecule has 0 spiro atoms. The van der Waals surface area contributed by atoms with Gasteiger partial charge in [0.25, 0.3) is 0 Å². The fourth-order valence-corrected chi connectivity index (χ4v) is 1.51. The molecule has 1 N–H and O–H groups in total. The summed E-state index contributed by atoms with van der Waals surface area (Å²) in [5, 5.41) is 9.83. The van der Waals surface area contributed by atoms with Gasteiger partial charge in [0.15, 0.2) is 17.3 Å². The Balaban J connectivity index is 3.53. The maximum Gasteiger partial charge on any atom is 0.172 e. The van der Waals surface area contributed by atoms with Crippen LogP contribution in [0.4, 0.5) is 0 Å². The summed E-state index contributed by atoms with van der Waals surface area (Å²) in [4.78, 5) is 11.3. The molecule has 0 atom stereocenters. The van der Waals surface area contributed by atoms with Gasteiger partial charge in [-0.25, -0.2) is 0 Å². The Morgan fingerprint density at radius 1 is 1.33 bits per heavy atom. The molecule has 1 aromatic rings. The number of phenolic OH excluding ortho intramolecular Hbond substituents is 1. The first kappa shape index (κ1) is 11.4. The van der Waals surface area contributed by atoms with E-state index in [4.69, 9.17) is 9.47 Å². The number of phenols is 1. The highest BCUT2D eigenvalue weighted by Crippen LogP contribution is 2.39. The number of hydrogen-bond donors (Lipinski definition) is 1. The molecule has 4 heteroatoms. The van der Waals surface area contributed by atoms with Crippen molar-refractivity contribution in [2.24, 2.45) is 0 Å². The average molecular weight is 210 g/mol. The van der Waals surface area contributed by atoms with Crippen LogP contribution in [0, 0.1) is 6.92 Å². The molecular formula is C11H14O4. The van der Waals surface area contributed by atoms with Gasteiger partial charge in [0.2, 0.25) is 0 Å². The zero-order valence-corrected chi connectivity index (χ0v) is 9.25. The molecule has 0 bridgehead atoms. The molecule has 1 rings (SSSR count). The summed E-state index contributed by atoms with van der Waals surface area (Å²) in [7, 11) is 2.89. The van der Waals surface area contributed by atoms with Crippen LogP contribution in [0.3, 0.4) is 0 Å². The molecule has 82 valence electrons. The quantitative estimate of drug-likeness (QED) is 0.774. The number of aryl methyl sites for hydroxylation is 1. The molecule has 0 heterocycles. The minimum absolute atomic E-state index is 0.153. The van der Waals surface area contributed by atoms with Gasteiger partial charge in [-0.2, -0.15) is 0 Å². The number of aromatic hydroxyl groups is 1. The van der Waals surface area contributed by atoms with Gasteiger partial charge in [0, 0.05) is 0 Å². The van der Waals surface area contributed by atoms with Gasteiger partial charge in [-0.1, -0.05) is 0 Å². The molecule has 0 saturated heterocycles. The highest BCUT2D eigenvalue weighted by Gasteiger charge is 2.19. The third-order valence-electron chi connectivity index (χ3n) is 2.18. The maximum absolute atomic E-state index is 11.3. The summed E-state index contributed by atoms with van der Waals surface area (Å²) in [6.45, 7) is 3.14. The third-order valence-corrected chi connectivity index (χ3v) is 2.18. The van der Waals surface area contributed by atoms with Crippen LogP contribution in [0.2, 0.25) is 0 Å². The summed E-state index contributed by atoms with van der Waals surface area (Å²) >= 11 is 0. The van der Waals surface area contributed by atoms with E-state index in [9.17, 15) is 9.90 Å². The number of carbonyl (C=O) groups excluding carboxylic acids is 1. The van der Waals surface area contributed by atoms with Crippen molar-refractivity contribution in [2.75, 3.05) is 14.2 Å². The van der Waals surface area contributed by atoms with E-state index < -0.39 is 0 Å². The number of ether oxygens (including phenoxy) is 2. The second-order valence-electron chi connectivity index (χ2n) is 3.21. The molecule has 0 unspecified atom stereocenters. The van der Waals surface area contributed by atoms with Crippen LogP contribution in [0.25, 0.3) is 0 Å². The van der Waals surface area contributed by atoms with E-state index in [0.717, 1.165) is 5.56 Å². The van der Waals surface area contributed by atoms with Crippen LogP contribution >= 0.6 is 0 Å². The average Bonchev–Trinajstić information content (AvgIpc) is 2.16. The first-order valence-corrected chi connectivity index (χ1v) is 4.48. The van der Waals surface area contributed by atoms with Gasteiger partial charge in [0.05, 0.1) is 14.2 Å². The highest BCUT2D eigenvalue weighted by molar-refractivity contribution is 6.00. The summed E-state index contributed by atoms with van der Waals surface area (Å²) in [5.41, 5.74) is 0.872. The van der Waals surface area contributed by atoms with E-state index in [1.807, 2.05) is 0 Å². The SMILES string of the molecule is COc1cc(C)c(OC)c(O)c1C(C)=O. The Bertz CT molecular complexity index is 396. The Labute approximate surface area is 88.4 Å². The summed E-state index contributed by atoms with van der Waals surface area (Å²) in [6.07, 6.45) is 0. The normalized spacial score (nSPS) is 9.87.